The Hall–Kier alpha value is -2.09. The normalized spacial score (nSPS) is 10.4. The molecule has 0 aliphatic rings. The van der Waals surface area contributed by atoms with Gasteiger partial charge in [0.25, 0.3) is 5.91 Å². The fourth-order valence-corrected chi connectivity index (χ4v) is 2.51. The van der Waals surface area contributed by atoms with Gasteiger partial charge in [-0.15, -0.1) is 11.3 Å². The van der Waals surface area contributed by atoms with Crippen LogP contribution in [-0.4, -0.2) is 29.1 Å². The van der Waals surface area contributed by atoms with E-state index in [4.69, 9.17) is 10.3 Å². The number of carbonyl (C=O) groups excluding carboxylic acids is 1. The molecule has 0 aliphatic carbocycles. The summed E-state index contributed by atoms with van der Waals surface area (Å²) < 4.78 is 4.90. The third-order valence-corrected chi connectivity index (χ3v) is 3.65. The van der Waals surface area contributed by atoms with Gasteiger partial charge in [-0.1, -0.05) is 12.1 Å². The van der Waals surface area contributed by atoms with Crippen molar-refractivity contribution >= 4 is 27.9 Å². The summed E-state index contributed by atoms with van der Waals surface area (Å²) in [5, 5.41) is 10.4. The number of rotatable bonds is 7. The number of amides is 1. The Morgan fingerprint density at radius 2 is 2.35 bits per heavy atom. The van der Waals surface area contributed by atoms with Crippen molar-refractivity contribution in [3.63, 3.8) is 0 Å². The molecule has 0 aliphatic heterocycles. The van der Waals surface area contributed by atoms with Gasteiger partial charge in [-0.3, -0.25) is 4.79 Å². The number of anilines is 2. The molecule has 20 heavy (non-hydrogen) atoms. The number of nitrogens with zero attached hydrogens (tertiary/aromatic N) is 2. The molecule has 0 atom stereocenters. The van der Waals surface area contributed by atoms with Gasteiger partial charge in [0.15, 0.2) is 6.33 Å². The molecule has 0 aromatic carbocycles. The monoisotopic (exact) mass is 295 g/mol. The van der Waals surface area contributed by atoms with Crippen LogP contribution in [0.25, 0.3) is 0 Å². The number of hydrogen-bond acceptors (Lipinski definition) is 7. The van der Waals surface area contributed by atoms with E-state index in [0.717, 1.165) is 11.4 Å². The highest BCUT2D eigenvalue weighted by molar-refractivity contribution is 7.18. The summed E-state index contributed by atoms with van der Waals surface area (Å²) in [5.74, 6) is 0.447. The highest BCUT2D eigenvalue weighted by Gasteiger charge is 2.13. The summed E-state index contributed by atoms with van der Waals surface area (Å²) in [7, 11) is 0. The zero-order valence-corrected chi connectivity index (χ0v) is 12.0. The van der Waals surface area contributed by atoms with E-state index in [0.29, 0.717) is 36.0 Å². The lowest BCUT2D eigenvalue weighted by molar-refractivity contribution is 0.0958. The number of thiophene rings is 1. The summed E-state index contributed by atoms with van der Waals surface area (Å²) >= 11 is 1.34. The molecule has 8 heteroatoms. The Morgan fingerprint density at radius 1 is 1.50 bits per heavy atom. The van der Waals surface area contributed by atoms with Gasteiger partial charge in [0.1, 0.15) is 4.88 Å². The lowest BCUT2D eigenvalue weighted by Crippen LogP contribution is -2.23. The number of nitrogen functional groups attached to an aromatic ring is 1. The number of nitrogens with two attached hydrogens (primary N) is 1. The van der Waals surface area contributed by atoms with Crippen molar-refractivity contribution in [1.29, 1.82) is 0 Å². The number of aromatic nitrogens is 2. The third kappa shape index (κ3) is 3.70. The van der Waals surface area contributed by atoms with Gasteiger partial charge in [-0.25, -0.2) is 0 Å². The zero-order chi connectivity index (χ0) is 14.4. The van der Waals surface area contributed by atoms with Crippen LogP contribution < -0.4 is 16.4 Å². The molecule has 0 spiro atoms. The molecule has 2 aromatic rings. The minimum atomic E-state index is -0.126. The fourth-order valence-electron chi connectivity index (χ4n) is 1.59. The summed E-state index contributed by atoms with van der Waals surface area (Å²) in [4.78, 5) is 16.3. The van der Waals surface area contributed by atoms with E-state index < -0.39 is 0 Å². The molecule has 0 saturated heterocycles. The first-order chi connectivity index (χ1) is 9.70. The first kappa shape index (κ1) is 14.3. The minimum Gasteiger partial charge on any atom is -0.397 e. The van der Waals surface area contributed by atoms with Crippen molar-refractivity contribution < 1.29 is 9.32 Å². The maximum absolute atomic E-state index is 11.9. The lowest BCUT2D eigenvalue weighted by Gasteiger charge is -2.01. The molecule has 0 unspecified atom stereocenters. The SMILES string of the molecule is CCCNC(=O)c1sc(NCCc2ncno2)cc1N. The van der Waals surface area contributed by atoms with E-state index in [9.17, 15) is 4.79 Å². The predicted molar refractivity (Wildman–Crippen MR) is 77.8 cm³/mol. The topological polar surface area (TPSA) is 106 Å². The van der Waals surface area contributed by atoms with Gasteiger partial charge < -0.3 is 20.9 Å². The average Bonchev–Trinajstić information content (AvgIpc) is 3.06. The van der Waals surface area contributed by atoms with Crippen LogP contribution in [0.15, 0.2) is 16.9 Å². The van der Waals surface area contributed by atoms with E-state index in [1.165, 1.54) is 17.7 Å². The van der Waals surface area contributed by atoms with Gasteiger partial charge in [0.05, 0.1) is 10.7 Å². The second kappa shape index (κ2) is 6.90. The molecular formula is C12H17N5O2S. The summed E-state index contributed by atoms with van der Waals surface area (Å²) in [6.45, 7) is 3.29. The second-order valence-corrected chi connectivity index (χ2v) is 5.21. The van der Waals surface area contributed by atoms with Crippen LogP contribution in [0.3, 0.4) is 0 Å². The molecular weight excluding hydrogens is 278 g/mol. The van der Waals surface area contributed by atoms with Crippen molar-refractivity contribution in [2.75, 3.05) is 24.1 Å². The van der Waals surface area contributed by atoms with Crippen LogP contribution in [0.1, 0.15) is 28.9 Å². The molecule has 2 heterocycles. The standard InChI is InChI=1S/C12H17N5O2S/c1-2-4-15-12(18)11-8(13)6-10(20-11)14-5-3-9-16-7-17-19-9/h6-7,14H,2-5,13H2,1H3,(H,15,18). The Balaban J connectivity index is 1.88. The molecule has 108 valence electrons. The van der Waals surface area contributed by atoms with Crippen molar-refractivity contribution in [2.24, 2.45) is 0 Å². The molecule has 2 rings (SSSR count). The van der Waals surface area contributed by atoms with Crippen LogP contribution in [0, 0.1) is 0 Å². The molecule has 4 N–H and O–H groups in total. The smallest absolute Gasteiger partial charge is 0.263 e. The summed E-state index contributed by atoms with van der Waals surface area (Å²) in [5.41, 5.74) is 6.34. The van der Waals surface area contributed by atoms with Gasteiger partial charge in [-0.05, 0) is 12.5 Å². The van der Waals surface area contributed by atoms with Crippen molar-refractivity contribution in [1.82, 2.24) is 15.5 Å². The average molecular weight is 295 g/mol. The Morgan fingerprint density at radius 3 is 3.05 bits per heavy atom. The van der Waals surface area contributed by atoms with Crippen LogP contribution in [-0.2, 0) is 6.42 Å². The highest BCUT2D eigenvalue weighted by Crippen LogP contribution is 2.29. The van der Waals surface area contributed by atoms with Crippen LogP contribution >= 0.6 is 11.3 Å². The largest absolute Gasteiger partial charge is 0.397 e. The maximum atomic E-state index is 11.9. The minimum absolute atomic E-state index is 0.126. The van der Waals surface area contributed by atoms with Crippen LogP contribution in [0.5, 0.6) is 0 Å². The number of carbonyl (C=O) groups is 1. The summed E-state index contributed by atoms with van der Waals surface area (Å²) in [6.07, 6.45) is 2.89. The van der Waals surface area contributed by atoms with Crippen LogP contribution in [0.4, 0.5) is 10.7 Å². The molecule has 1 amide bonds. The Kier molecular flexibility index (Phi) is 4.94. The van der Waals surface area contributed by atoms with E-state index in [2.05, 4.69) is 20.8 Å². The van der Waals surface area contributed by atoms with Gasteiger partial charge in [-0.2, -0.15) is 4.98 Å². The fraction of sp³-hybridized carbons (Fsp3) is 0.417. The Labute approximate surface area is 120 Å². The van der Waals surface area contributed by atoms with E-state index >= 15 is 0 Å². The zero-order valence-electron chi connectivity index (χ0n) is 11.2. The van der Waals surface area contributed by atoms with Crippen LogP contribution in [0.2, 0.25) is 0 Å². The quantitative estimate of drug-likeness (QED) is 0.715. The molecule has 0 saturated carbocycles. The molecule has 2 aromatic heterocycles. The van der Waals surface area contributed by atoms with E-state index in [1.807, 2.05) is 6.92 Å². The van der Waals surface area contributed by atoms with E-state index in [-0.39, 0.29) is 5.91 Å². The highest BCUT2D eigenvalue weighted by atomic mass is 32.1. The molecule has 0 fully saturated rings. The molecule has 7 nitrogen and oxygen atoms in total. The maximum Gasteiger partial charge on any atom is 0.263 e. The van der Waals surface area contributed by atoms with E-state index in [1.54, 1.807) is 6.07 Å². The first-order valence-electron chi connectivity index (χ1n) is 6.37. The molecule has 0 radical (unpaired) electrons. The third-order valence-electron chi connectivity index (χ3n) is 2.55. The lowest BCUT2D eigenvalue weighted by atomic mass is 10.3. The van der Waals surface area contributed by atoms with Gasteiger partial charge in [0.2, 0.25) is 5.89 Å². The number of nitrogens with one attached hydrogen (secondary N) is 2. The Bertz CT molecular complexity index is 552. The van der Waals surface area contributed by atoms with Crippen molar-refractivity contribution in [3.05, 3.63) is 23.2 Å². The van der Waals surface area contributed by atoms with Gasteiger partial charge >= 0.3 is 0 Å². The van der Waals surface area contributed by atoms with Crippen molar-refractivity contribution in [2.45, 2.75) is 19.8 Å². The van der Waals surface area contributed by atoms with Gasteiger partial charge in [0, 0.05) is 19.5 Å². The summed E-state index contributed by atoms with van der Waals surface area (Å²) in [6, 6.07) is 1.76. The predicted octanol–water partition coefficient (Wildman–Crippen LogP) is 1.51. The molecule has 0 bridgehead atoms. The van der Waals surface area contributed by atoms with Crippen molar-refractivity contribution in [3.8, 4) is 0 Å². The second-order valence-electron chi connectivity index (χ2n) is 4.16. The first-order valence-corrected chi connectivity index (χ1v) is 7.19. The number of hydrogen-bond donors (Lipinski definition) is 3.